The number of hydrazine groups is 1. The van der Waals surface area contributed by atoms with Crippen molar-refractivity contribution >= 4 is 0 Å². The Kier molecular flexibility index (Phi) is 130. The van der Waals surface area contributed by atoms with Crippen molar-refractivity contribution in [3.63, 3.8) is 0 Å². The highest BCUT2D eigenvalue weighted by Crippen LogP contribution is 2.18. The number of aliphatic hydroxyl groups excluding tert-OH is 17. The van der Waals surface area contributed by atoms with Crippen LogP contribution in [0.15, 0.2) is 0 Å². The average molecular weight is 2020 g/mol. The van der Waals surface area contributed by atoms with E-state index in [0.29, 0.717) is 89.9 Å². The van der Waals surface area contributed by atoms with Crippen LogP contribution in [0.25, 0.3) is 0 Å². The number of likely N-dealkylation sites (tertiary alicyclic amines) is 5. The van der Waals surface area contributed by atoms with Gasteiger partial charge in [-0.2, -0.15) is 10.1 Å². The summed E-state index contributed by atoms with van der Waals surface area (Å²) in [5.74, 6) is 4.73. The maximum atomic E-state index is 9.17. The molecule has 10 heterocycles. The minimum absolute atomic E-state index is 0.0568. The molecule has 1 aliphatic carbocycles. The molecule has 43 heteroatoms. The van der Waals surface area contributed by atoms with Gasteiger partial charge in [0.05, 0.1) is 123 Å². The van der Waals surface area contributed by atoms with Crippen molar-refractivity contribution < 1.29 is 117 Å². The normalized spacial score (nSPS) is 22.3. The van der Waals surface area contributed by atoms with E-state index in [2.05, 4.69) is 80.6 Å². The van der Waals surface area contributed by atoms with E-state index in [1.807, 2.05) is 41.7 Å². The zero-order chi connectivity index (χ0) is 106. The summed E-state index contributed by atoms with van der Waals surface area (Å²) < 4.78 is 10.3. The first-order valence-electron chi connectivity index (χ1n) is 52.1. The van der Waals surface area contributed by atoms with Crippen LogP contribution in [-0.4, -0.2) is 535 Å². The number of nitrogens with one attached hydrogen (secondary N) is 6. The highest BCUT2D eigenvalue weighted by atomic mass is 16.5. The van der Waals surface area contributed by atoms with Crippen LogP contribution in [0.5, 0.6) is 0 Å². The van der Waals surface area contributed by atoms with Gasteiger partial charge in [-0.1, -0.05) is 72.1 Å². The molecular formula is C95H226N20O23. The van der Waals surface area contributed by atoms with Crippen molar-refractivity contribution in [3.8, 4) is 0 Å². The highest BCUT2D eigenvalue weighted by molar-refractivity contribution is 4.76. The summed E-state index contributed by atoms with van der Waals surface area (Å²) in [5.41, 5.74) is 26.2. The number of aliphatic hydroxyl groups is 17. The van der Waals surface area contributed by atoms with Gasteiger partial charge in [0.25, 0.3) is 0 Å². The SMILES string of the molecule is CC(C)(C)NO.CC(N)CO.CC(O)CN.CCN(O)CC.CCN1CCCC(O)C1.CN(C)O.CN1CCCC(O)C1.CN1CCCCC1CO.NCCCO.NCCO.NNCCO.OC1CCCNC1.OCC(O)CN1CCCCC1.OCC(O)CN1CCOCC1.OCC1CCCCN1.OCCC1CCCCN1.OCCN1CCCCC1.OCCN1CCOCC1.ONC1CCCCC1. The van der Waals surface area contributed by atoms with Crippen molar-refractivity contribution in [2.24, 2.45) is 28.8 Å². The van der Waals surface area contributed by atoms with Gasteiger partial charge >= 0.3 is 0 Å². The number of β-amino-alcohol motifs (C(OH)–C–C–N with tert-alkyl or cyclic N) is 7. The van der Waals surface area contributed by atoms with E-state index >= 15 is 0 Å². The lowest BCUT2D eigenvalue weighted by Crippen LogP contribution is -2.41. The van der Waals surface area contributed by atoms with Gasteiger partial charge in [0.1, 0.15) is 0 Å². The number of nitrogens with two attached hydrogens (primary N) is 5. The molecule has 0 aromatic carbocycles. The lowest BCUT2D eigenvalue weighted by atomic mass is 9.96. The van der Waals surface area contributed by atoms with Crippen LogP contribution in [0.1, 0.15) is 235 Å². The van der Waals surface area contributed by atoms with Gasteiger partial charge in [-0.25, -0.2) is 11.0 Å². The second-order valence-corrected chi connectivity index (χ2v) is 36.9. The summed E-state index contributed by atoms with van der Waals surface area (Å²) in [5, 5.41) is 190. The molecule has 10 saturated heterocycles. The number of hydroxylamine groups is 6. The first-order chi connectivity index (χ1) is 66.0. The van der Waals surface area contributed by atoms with Crippen molar-refractivity contribution in [3.05, 3.63) is 0 Å². The maximum absolute atomic E-state index is 9.17. The topological polar surface area (TPSA) is 675 Å². The molecule has 844 valence electrons. The number of rotatable bonds is 25. The second-order valence-electron chi connectivity index (χ2n) is 36.9. The predicted octanol–water partition coefficient (Wildman–Crippen LogP) is -2.29. The van der Waals surface area contributed by atoms with Gasteiger partial charge in [-0.3, -0.25) is 21.1 Å². The fraction of sp³-hybridized carbons (Fsp3) is 1.00. The number of hydrogen-bond acceptors (Lipinski definition) is 43. The van der Waals surface area contributed by atoms with E-state index in [4.69, 9.17) is 146 Å². The Labute approximate surface area is 837 Å². The predicted molar refractivity (Wildman–Crippen MR) is 555 cm³/mol. The van der Waals surface area contributed by atoms with E-state index in [-0.39, 0.29) is 82.2 Å². The molecule has 0 aromatic rings. The molecular weight excluding hydrogens is 1790 g/mol. The fourth-order valence-electron chi connectivity index (χ4n) is 13.6. The van der Waals surface area contributed by atoms with Crippen LogP contribution in [0.3, 0.4) is 0 Å². The van der Waals surface area contributed by atoms with Crippen molar-refractivity contribution in [1.29, 1.82) is 0 Å². The largest absolute Gasteiger partial charge is 0.396 e. The third-order valence-electron chi connectivity index (χ3n) is 22.0. The number of morpholine rings is 2. The van der Waals surface area contributed by atoms with E-state index in [0.717, 1.165) is 226 Å². The van der Waals surface area contributed by atoms with Crippen LogP contribution < -0.4 is 61.1 Å². The van der Waals surface area contributed by atoms with E-state index < -0.39 is 12.2 Å². The first kappa shape index (κ1) is 152. The van der Waals surface area contributed by atoms with E-state index in [1.54, 1.807) is 27.9 Å². The molecule has 1 saturated carbocycles. The maximum Gasteiger partial charge on any atom is 0.0897 e. The van der Waals surface area contributed by atoms with Gasteiger partial charge in [-0.05, 0) is 256 Å². The van der Waals surface area contributed by atoms with Crippen molar-refractivity contribution in [1.82, 2.24) is 76.8 Å². The van der Waals surface area contributed by atoms with Gasteiger partial charge in [0.15, 0.2) is 0 Å². The van der Waals surface area contributed by atoms with Crippen LogP contribution in [-0.2, 0) is 9.47 Å². The van der Waals surface area contributed by atoms with Gasteiger partial charge in [0, 0.05) is 168 Å². The molecule has 0 aromatic heterocycles. The van der Waals surface area contributed by atoms with Crippen LogP contribution >= 0.6 is 0 Å². The zero-order valence-electron chi connectivity index (χ0n) is 89.2. The van der Waals surface area contributed by atoms with Crippen molar-refractivity contribution in [2.45, 2.75) is 308 Å². The summed E-state index contributed by atoms with van der Waals surface area (Å²) in [7, 11) is 7.24. The molecule has 10 unspecified atom stereocenters. The van der Waals surface area contributed by atoms with Gasteiger partial charge in [0.2, 0.25) is 0 Å². The third kappa shape index (κ3) is 125. The molecule has 138 heavy (non-hydrogen) atoms. The number of likely N-dealkylation sites (N-methyl/N-ethyl adjacent to an activating group) is 3. The number of hydrogen-bond donors (Lipinski definition) is 32. The fourth-order valence-corrected chi connectivity index (χ4v) is 13.6. The Morgan fingerprint density at radius 1 is 0.464 bits per heavy atom. The van der Waals surface area contributed by atoms with Crippen molar-refractivity contribution in [2.75, 3.05) is 311 Å². The summed E-state index contributed by atoms with van der Waals surface area (Å²) in [6.07, 6.45) is 31.7. The molecule has 0 amide bonds. The molecule has 0 spiro atoms. The Hall–Kier alpha value is -1.72. The van der Waals surface area contributed by atoms with E-state index in [9.17, 15) is 0 Å². The molecule has 0 radical (unpaired) electrons. The standard InChI is InChI=1S/C8H17NO2.C7H15NO3.4C7H15NO.C6H13NO2.3C6H13NO.C5H11NO.2C4H11NO.3C3H9NO.C2H8N2O.2C2H7NO/c10-7-8(11)6-9-4-2-1-3-5-9;9-6-7(10)5-8-1-3-11-4-2-8;1-8-5-3-2-4-7(8)6-9;1-2-8-5-3-4-7(9)6-8;9-6-4-7-3-1-2-5-8-7;9-7-6-8-4-2-1-3-5-8;8-4-1-7-2-5-9-6-3-7;1-7-4-2-3-6(8)5-7;8-5-6-3-1-2-4-7-6;8-7-6-4-2-1-3-5-6;7-5-2-1-3-6-4-5;1-4(2,3)5-6;1-3-5(6)4-2;1-3(4)2-5;1-3(5)2-4;4-2-1-3-5;3-4-1-2-5;1-3(2)4;3-1-2-4/h8,10-11H,1-7H2;7,9-10H,1-6H2;2*7,9H,2-6H2,1H3;7-9H,1-6H2;9H,1-7H2;8H,1-6H2;6,8H,2-5H2,1H3;2*6-8H,1-5H2;5-7H,1-4H2;5-6H,1-3H3;6H,3-4H2,1-2H3;2*3,5H,2,4H2,1H3;5H,1-4H2;4-5H,1-3H2;4H,1-2H3;4H,1-3H2. The Balaban J connectivity index is -0.000000217. The summed E-state index contributed by atoms with van der Waals surface area (Å²) in [6, 6.07) is 1.77. The lowest BCUT2D eigenvalue weighted by molar-refractivity contribution is -0.0813. The molecule has 11 fully saturated rings. The van der Waals surface area contributed by atoms with E-state index in [1.165, 1.54) is 134 Å². The minimum atomic E-state index is -0.604. The molecule has 0 bridgehead atoms. The Morgan fingerprint density at radius 3 is 1.14 bits per heavy atom. The number of nitrogens with zero attached hydrogens (tertiary/aromatic N) is 9. The molecule has 10 atom stereocenters. The molecule has 11 rings (SSSR count). The average Bonchev–Trinajstić information content (AvgIpc) is 0.916. The Bertz CT molecular complexity index is 2050. The summed E-state index contributed by atoms with van der Waals surface area (Å²) in [4.78, 5) is 15.5. The minimum Gasteiger partial charge on any atom is -0.396 e. The van der Waals surface area contributed by atoms with Crippen LogP contribution in [0.4, 0.5) is 0 Å². The summed E-state index contributed by atoms with van der Waals surface area (Å²) in [6.45, 7) is 44.6. The van der Waals surface area contributed by atoms with Gasteiger partial charge < -0.3 is 180 Å². The number of piperidine rings is 8. The van der Waals surface area contributed by atoms with Crippen LogP contribution in [0.2, 0.25) is 0 Å². The molecule has 37 N–H and O–H groups in total. The lowest BCUT2D eigenvalue weighted by Gasteiger charge is -2.30. The van der Waals surface area contributed by atoms with Crippen LogP contribution in [0, 0.1) is 0 Å². The molecule has 10 aliphatic heterocycles. The highest BCUT2D eigenvalue weighted by Gasteiger charge is 2.21. The zero-order valence-corrected chi connectivity index (χ0v) is 89.2. The summed E-state index contributed by atoms with van der Waals surface area (Å²) >= 11 is 0. The Morgan fingerprint density at radius 2 is 0.877 bits per heavy atom. The quantitative estimate of drug-likeness (QED) is 0.0338. The van der Waals surface area contributed by atoms with Gasteiger partial charge in [-0.15, -0.1) is 0 Å². The second kappa shape index (κ2) is 119. The molecule has 43 nitrogen and oxygen atoms in total. The first-order valence-corrected chi connectivity index (χ1v) is 52.1. The smallest absolute Gasteiger partial charge is 0.0897 e. The molecule has 11 aliphatic rings. The number of ether oxygens (including phenoxy) is 2. The third-order valence-corrected chi connectivity index (χ3v) is 22.0. The monoisotopic (exact) mass is 2020 g/mol.